The van der Waals surface area contributed by atoms with Gasteiger partial charge in [0.1, 0.15) is 0 Å². The number of hydrogen-bond acceptors (Lipinski definition) is 5. The van der Waals surface area contributed by atoms with Crippen LogP contribution in [0.4, 0.5) is 0 Å². The summed E-state index contributed by atoms with van der Waals surface area (Å²) in [5, 5.41) is 3.71. The number of halogens is 1. The summed E-state index contributed by atoms with van der Waals surface area (Å²) in [7, 11) is -3.10. The molecule has 32 heavy (non-hydrogen) atoms. The molecule has 0 radical (unpaired) electrons. The number of rotatable bonds is 10. The number of piperazine rings is 1. The van der Waals surface area contributed by atoms with Crippen molar-refractivity contribution in [2.45, 2.75) is 19.2 Å². The van der Waals surface area contributed by atoms with Crippen LogP contribution in [-0.4, -0.2) is 67.8 Å². The van der Waals surface area contributed by atoms with Crippen LogP contribution in [0, 0.1) is 0 Å². The Hall–Kier alpha value is -1.58. The molecular formula is C23H30ClN3O3S2. The fraction of sp³-hybridized carbons (Fsp3) is 0.435. The molecule has 2 aromatic rings. The third kappa shape index (κ3) is 7.49. The average molecular weight is 496 g/mol. The van der Waals surface area contributed by atoms with Gasteiger partial charge in [-0.1, -0.05) is 35.9 Å². The highest BCUT2D eigenvalue weighted by molar-refractivity contribution is 7.98. The van der Waals surface area contributed by atoms with Crippen molar-refractivity contribution in [3.63, 3.8) is 0 Å². The third-order valence-corrected chi connectivity index (χ3v) is 8.55. The van der Waals surface area contributed by atoms with Gasteiger partial charge in [0.05, 0.1) is 5.75 Å². The van der Waals surface area contributed by atoms with Crippen LogP contribution < -0.4 is 5.32 Å². The first-order valence-corrected chi connectivity index (χ1v) is 13.9. The molecule has 1 aliphatic heterocycles. The summed E-state index contributed by atoms with van der Waals surface area (Å²) in [5.41, 5.74) is 2.94. The molecule has 1 amide bonds. The van der Waals surface area contributed by atoms with Crippen molar-refractivity contribution < 1.29 is 13.2 Å². The quantitative estimate of drug-likeness (QED) is 0.511. The number of carbonyl (C=O) groups is 1. The van der Waals surface area contributed by atoms with Gasteiger partial charge in [0, 0.05) is 61.4 Å². The van der Waals surface area contributed by atoms with Crippen molar-refractivity contribution in [3.8, 4) is 0 Å². The van der Waals surface area contributed by atoms with Crippen LogP contribution in [0.25, 0.3) is 0 Å². The Morgan fingerprint density at radius 2 is 1.78 bits per heavy atom. The van der Waals surface area contributed by atoms with Gasteiger partial charge in [0.2, 0.25) is 10.0 Å². The monoisotopic (exact) mass is 495 g/mol. The Morgan fingerprint density at radius 1 is 1.06 bits per heavy atom. The van der Waals surface area contributed by atoms with Crippen LogP contribution in [-0.2, 0) is 22.3 Å². The van der Waals surface area contributed by atoms with Crippen LogP contribution in [0.2, 0.25) is 5.02 Å². The summed E-state index contributed by atoms with van der Waals surface area (Å²) in [6.07, 6.45) is 0. The van der Waals surface area contributed by atoms with Gasteiger partial charge in [0.25, 0.3) is 5.91 Å². The third-order valence-electron chi connectivity index (χ3n) is 5.40. The van der Waals surface area contributed by atoms with Crippen LogP contribution >= 0.6 is 23.4 Å². The second kappa shape index (κ2) is 12.0. The van der Waals surface area contributed by atoms with E-state index >= 15 is 0 Å². The number of hydrogen-bond donors (Lipinski definition) is 1. The Balaban J connectivity index is 1.37. The van der Waals surface area contributed by atoms with Crippen LogP contribution in [0.1, 0.15) is 28.4 Å². The normalized spacial score (nSPS) is 15.6. The van der Waals surface area contributed by atoms with Gasteiger partial charge in [-0.3, -0.25) is 9.69 Å². The maximum Gasteiger partial charge on any atom is 0.251 e. The van der Waals surface area contributed by atoms with Gasteiger partial charge in [0.15, 0.2) is 0 Å². The van der Waals surface area contributed by atoms with Crippen molar-refractivity contribution >= 4 is 39.3 Å². The molecule has 0 unspecified atom stereocenters. The molecule has 6 nitrogen and oxygen atoms in total. The zero-order chi connectivity index (χ0) is 23.0. The number of benzene rings is 2. The number of nitrogens with one attached hydrogen (secondary N) is 1. The number of nitrogens with zero attached hydrogens (tertiary/aromatic N) is 2. The van der Waals surface area contributed by atoms with E-state index in [1.807, 2.05) is 48.5 Å². The molecule has 174 valence electrons. The maximum atomic E-state index is 12.4. The van der Waals surface area contributed by atoms with Crippen molar-refractivity contribution in [2.24, 2.45) is 0 Å². The lowest BCUT2D eigenvalue weighted by Crippen LogP contribution is -2.48. The number of amides is 1. The van der Waals surface area contributed by atoms with E-state index in [1.165, 1.54) is 5.56 Å². The van der Waals surface area contributed by atoms with Crippen molar-refractivity contribution in [1.29, 1.82) is 0 Å². The summed E-state index contributed by atoms with van der Waals surface area (Å²) in [6.45, 7) is 5.54. The number of carbonyl (C=O) groups excluding carboxylic acids is 1. The minimum Gasteiger partial charge on any atom is -0.351 e. The molecule has 2 aromatic carbocycles. The van der Waals surface area contributed by atoms with Gasteiger partial charge in [-0.15, -0.1) is 0 Å². The minimum absolute atomic E-state index is 0.0710. The second-order valence-electron chi connectivity index (χ2n) is 7.71. The highest BCUT2D eigenvalue weighted by Crippen LogP contribution is 2.16. The molecule has 1 saturated heterocycles. The SMILES string of the molecule is CCS(=O)(=O)N1CCN(Cc2ccc(C(=O)NCCSCc3cccc(Cl)c3)cc2)CC1. The largest absolute Gasteiger partial charge is 0.351 e. The van der Waals surface area contributed by atoms with Gasteiger partial charge in [-0.05, 0) is 42.3 Å². The van der Waals surface area contributed by atoms with E-state index in [-0.39, 0.29) is 11.7 Å². The Morgan fingerprint density at radius 3 is 2.44 bits per heavy atom. The molecular weight excluding hydrogens is 466 g/mol. The highest BCUT2D eigenvalue weighted by atomic mass is 35.5. The van der Waals surface area contributed by atoms with E-state index in [4.69, 9.17) is 11.6 Å². The molecule has 0 atom stereocenters. The van der Waals surface area contributed by atoms with Crippen LogP contribution in [0.3, 0.4) is 0 Å². The summed E-state index contributed by atoms with van der Waals surface area (Å²) < 4.78 is 25.5. The fourth-order valence-electron chi connectivity index (χ4n) is 3.52. The van der Waals surface area contributed by atoms with E-state index in [0.717, 1.165) is 28.6 Å². The first-order chi connectivity index (χ1) is 15.4. The first kappa shape index (κ1) is 25.1. The summed E-state index contributed by atoms with van der Waals surface area (Å²) in [6, 6.07) is 15.5. The Bertz CT molecular complexity index is 992. The summed E-state index contributed by atoms with van der Waals surface area (Å²) in [5.74, 6) is 1.77. The molecule has 1 N–H and O–H groups in total. The summed E-state index contributed by atoms with van der Waals surface area (Å²) in [4.78, 5) is 14.6. The van der Waals surface area contributed by atoms with E-state index < -0.39 is 10.0 Å². The molecule has 0 bridgehead atoms. The maximum absolute atomic E-state index is 12.4. The standard InChI is InChI=1S/C23H30ClN3O3S2/c1-2-32(29,30)27-13-11-26(12-14-27)17-19-6-8-21(9-7-19)23(28)25-10-15-31-18-20-4-3-5-22(24)16-20/h3-9,16H,2,10-15,17-18H2,1H3,(H,25,28). The van der Waals surface area contributed by atoms with Gasteiger partial charge < -0.3 is 5.32 Å². The molecule has 0 aromatic heterocycles. The molecule has 0 spiro atoms. The highest BCUT2D eigenvalue weighted by Gasteiger charge is 2.25. The molecule has 1 heterocycles. The smallest absolute Gasteiger partial charge is 0.251 e. The Kier molecular flexibility index (Phi) is 9.43. The lowest BCUT2D eigenvalue weighted by Gasteiger charge is -2.33. The number of sulfonamides is 1. The lowest BCUT2D eigenvalue weighted by molar-refractivity contribution is 0.0956. The molecule has 0 saturated carbocycles. The first-order valence-electron chi connectivity index (χ1n) is 10.8. The average Bonchev–Trinajstić information content (AvgIpc) is 2.79. The molecule has 1 aliphatic rings. The zero-order valence-electron chi connectivity index (χ0n) is 18.3. The van der Waals surface area contributed by atoms with E-state index in [1.54, 1.807) is 23.0 Å². The van der Waals surface area contributed by atoms with Crippen molar-refractivity contribution in [2.75, 3.05) is 44.2 Å². The lowest BCUT2D eigenvalue weighted by atomic mass is 10.1. The van der Waals surface area contributed by atoms with Gasteiger partial charge in [-0.25, -0.2) is 8.42 Å². The molecule has 9 heteroatoms. The van der Waals surface area contributed by atoms with E-state index in [9.17, 15) is 13.2 Å². The second-order valence-corrected chi connectivity index (χ2v) is 11.5. The predicted molar refractivity (Wildman–Crippen MR) is 133 cm³/mol. The molecule has 1 fully saturated rings. The topological polar surface area (TPSA) is 69.7 Å². The van der Waals surface area contributed by atoms with E-state index in [0.29, 0.717) is 38.3 Å². The zero-order valence-corrected chi connectivity index (χ0v) is 20.7. The minimum atomic E-state index is -3.10. The van der Waals surface area contributed by atoms with E-state index in [2.05, 4.69) is 10.2 Å². The predicted octanol–water partition coefficient (Wildman–Crippen LogP) is 3.47. The summed E-state index contributed by atoms with van der Waals surface area (Å²) >= 11 is 7.75. The van der Waals surface area contributed by atoms with Crippen LogP contribution in [0.15, 0.2) is 48.5 Å². The fourth-order valence-corrected chi connectivity index (χ4v) is 5.63. The van der Waals surface area contributed by atoms with Gasteiger partial charge >= 0.3 is 0 Å². The van der Waals surface area contributed by atoms with Crippen molar-refractivity contribution in [1.82, 2.24) is 14.5 Å². The number of thioether (sulfide) groups is 1. The molecule has 0 aliphatic carbocycles. The van der Waals surface area contributed by atoms with Crippen LogP contribution in [0.5, 0.6) is 0 Å². The van der Waals surface area contributed by atoms with Gasteiger partial charge in [-0.2, -0.15) is 16.1 Å². The Labute approximate surface area is 200 Å². The molecule has 3 rings (SSSR count). The van der Waals surface area contributed by atoms with Crippen molar-refractivity contribution in [3.05, 3.63) is 70.2 Å².